The van der Waals surface area contributed by atoms with E-state index in [0.717, 1.165) is 48.5 Å². The van der Waals surface area contributed by atoms with Crippen molar-refractivity contribution in [3.63, 3.8) is 0 Å². The second-order valence-corrected chi connectivity index (χ2v) is 7.09. The third-order valence-corrected chi connectivity index (χ3v) is 5.08. The first-order valence-electron chi connectivity index (χ1n) is 9.41. The molecule has 0 aliphatic carbocycles. The van der Waals surface area contributed by atoms with Gasteiger partial charge in [0.15, 0.2) is 5.78 Å². The zero-order chi connectivity index (χ0) is 19.5. The molecule has 1 saturated heterocycles. The van der Waals surface area contributed by atoms with E-state index in [4.69, 9.17) is 4.98 Å². The standard InChI is InChI=1S/C23H22FN3O/c1-26-12-14-27(15-13-26)23-19(16-18-4-2-3-5-21(18)25-23)8-11-22(28)17-6-9-20(24)10-7-17/h2-11,16H,12-15H2,1H3/b11-8+. The van der Waals surface area contributed by atoms with Gasteiger partial charge in [-0.1, -0.05) is 18.2 Å². The number of ketones is 1. The lowest BCUT2D eigenvalue weighted by molar-refractivity contribution is 0.104. The first-order chi connectivity index (χ1) is 13.6. The van der Waals surface area contributed by atoms with Crippen LogP contribution in [0.3, 0.4) is 0 Å². The number of hydrogen-bond donors (Lipinski definition) is 0. The van der Waals surface area contributed by atoms with Crippen molar-refractivity contribution in [3.8, 4) is 0 Å². The van der Waals surface area contributed by atoms with Crippen molar-refractivity contribution >= 4 is 28.6 Å². The van der Waals surface area contributed by atoms with Crippen LogP contribution >= 0.6 is 0 Å². The molecule has 4 rings (SSSR count). The Labute approximate surface area is 163 Å². The van der Waals surface area contributed by atoms with E-state index >= 15 is 0 Å². The van der Waals surface area contributed by atoms with Gasteiger partial charge in [0.05, 0.1) is 5.52 Å². The zero-order valence-electron chi connectivity index (χ0n) is 15.8. The van der Waals surface area contributed by atoms with Crippen molar-refractivity contribution in [1.29, 1.82) is 0 Å². The second-order valence-electron chi connectivity index (χ2n) is 7.09. The Hall–Kier alpha value is -3.05. The van der Waals surface area contributed by atoms with E-state index in [1.807, 2.05) is 30.3 Å². The fraction of sp³-hybridized carbons (Fsp3) is 0.217. The topological polar surface area (TPSA) is 36.4 Å². The number of hydrogen-bond acceptors (Lipinski definition) is 4. The number of carbonyl (C=O) groups excluding carboxylic acids is 1. The fourth-order valence-electron chi connectivity index (χ4n) is 3.39. The number of rotatable bonds is 4. The highest BCUT2D eigenvalue weighted by atomic mass is 19.1. The zero-order valence-corrected chi connectivity index (χ0v) is 15.8. The van der Waals surface area contributed by atoms with Gasteiger partial charge in [-0.2, -0.15) is 0 Å². The Balaban J connectivity index is 1.68. The summed E-state index contributed by atoms with van der Waals surface area (Å²) in [5, 5.41) is 1.04. The van der Waals surface area contributed by atoms with Gasteiger partial charge in [-0.05, 0) is 55.6 Å². The van der Waals surface area contributed by atoms with Crippen molar-refractivity contribution in [2.45, 2.75) is 0 Å². The fourth-order valence-corrected chi connectivity index (χ4v) is 3.39. The molecule has 0 spiro atoms. The predicted molar refractivity (Wildman–Crippen MR) is 111 cm³/mol. The van der Waals surface area contributed by atoms with Crippen LogP contribution in [0, 0.1) is 5.82 Å². The third kappa shape index (κ3) is 3.94. The molecule has 0 amide bonds. The number of allylic oxidation sites excluding steroid dienone is 1. The van der Waals surface area contributed by atoms with E-state index < -0.39 is 0 Å². The minimum Gasteiger partial charge on any atom is -0.354 e. The van der Waals surface area contributed by atoms with Gasteiger partial charge in [-0.3, -0.25) is 4.79 Å². The predicted octanol–water partition coefficient (Wildman–Crippen LogP) is 4.02. The number of fused-ring (bicyclic) bond motifs is 1. The maximum atomic E-state index is 13.1. The molecule has 0 bridgehead atoms. The molecule has 2 aromatic carbocycles. The minimum atomic E-state index is -0.350. The Morgan fingerprint density at radius 3 is 2.50 bits per heavy atom. The molecule has 142 valence electrons. The second kappa shape index (κ2) is 7.90. The summed E-state index contributed by atoms with van der Waals surface area (Å²) in [5.74, 6) is 0.393. The van der Waals surface area contributed by atoms with Crippen molar-refractivity contribution in [1.82, 2.24) is 9.88 Å². The molecular formula is C23H22FN3O. The number of aromatic nitrogens is 1. The SMILES string of the molecule is CN1CCN(c2nc3ccccc3cc2/C=C/C(=O)c2ccc(F)cc2)CC1. The molecule has 3 aromatic rings. The van der Waals surface area contributed by atoms with Gasteiger partial charge in [0, 0.05) is 42.7 Å². The van der Waals surface area contributed by atoms with Gasteiger partial charge in [0.25, 0.3) is 0 Å². The highest BCUT2D eigenvalue weighted by Gasteiger charge is 2.18. The number of anilines is 1. The van der Waals surface area contributed by atoms with Crippen LogP contribution in [-0.4, -0.2) is 48.9 Å². The molecule has 4 nitrogen and oxygen atoms in total. The molecule has 0 unspecified atom stereocenters. The normalized spacial score (nSPS) is 15.4. The first kappa shape index (κ1) is 18.3. The van der Waals surface area contributed by atoms with Crippen LogP contribution in [0.25, 0.3) is 17.0 Å². The molecule has 0 saturated carbocycles. The lowest BCUT2D eigenvalue weighted by Gasteiger charge is -2.34. The summed E-state index contributed by atoms with van der Waals surface area (Å²) in [6, 6.07) is 15.7. The van der Waals surface area contributed by atoms with Crippen LogP contribution in [0.15, 0.2) is 60.7 Å². The molecule has 1 fully saturated rings. The first-order valence-corrected chi connectivity index (χ1v) is 9.41. The van der Waals surface area contributed by atoms with Crippen LogP contribution in [0.2, 0.25) is 0 Å². The van der Waals surface area contributed by atoms with E-state index in [-0.39, 0.29) is 11.6 Å². The number of likely N-dealkylation sites (N-methyl/N-ethyl adjacent to an activating group) is 1. The Morgan fingerprint density at radius 1 is 1.04 bits per heavy atom. The average Bonchev–Trinajstić information content (AvgIpc) is 2.72. The van der Waals surface area contributed by atoms with Crippen LogP contribution in [0.5, 0.6) is 0 Å². The Morgan fingerprint density at radius 2 is 1.75 bits per heavy atom. The monoisotopic (exact) mass is 375 g/mol. The number of nitrogens with zero attached hydrogens (tertiary/aromatic N) is 3. The maximum Gasteiger partial charge on any atom is 0.185 e. The smallest absolute Gasteiger partial charge is 0.185 e. The van der Waals surface area contributed by atoms with Gasteiger partial charge < -0.3 is 9.80 Å². The molecule has 2 heterocycles. The Bertz CT molecular complexity index is 1020. The van der Waals surface area contributed by atoms with Crippen molar-refractivity contribution in [2.24, 2.45) is 0 Å². The molecular weight excluding hydrogens is 353 g/mol. The quantitative estimate of drug-likeness (QED) is 0.510. The minimum absolute atomic E-state index is 0.155. The molecule has 0 atom stereocenters. The van der Waals surface area contributed by atoms with Crippen LogP contribution in [-0.2, 0) is 0 Å². The summed E-state index contributed by atoms with van der Waals surface area (Å²) in [6.45, 7) is 3.75. The van der Waals surface area contributed by atoms with Gasteiger partial charge in [0.2, 0.25) is 0 Å². The van der Waals surface area contributed by atoms with E-state index in [1.54, 1.807) is 6.08 Å². The summed E-state index contributed by atoms with van der Waals surface area (Å²) in [4.78, 5) is 21.9. The molecule has 0 radical (unpaired) electrons. The summed E-state index contributed by atoms with van der Waals surface area (Å²) in [7, 11) is 2.12. The summed E-state index contributed by atoms with van der Waals surface area (Å²) < 4.78 is 13.1. The molecule has 1 aromatic heterocycles. The van der Waals surface area contributed by atoms with Gasteiger partial charge >= 0.3 is 0 Å². The number of benzene rings is 2. The lowest BCUT2D eigenvalue weighted by atomic mass is 10.1. The number of pyridine rings is 1. The van der Waals surface area contributed by atoms with E-state index in [1.165, 1.54) is 24.3 Å². The number of carbonyl (C=O) groups is 1. The molecule has 5 heteroatoms. The lowest BCUT2D eigenvalue weighted by Crippen LogP contribution is -2.45. The highest BCUT2D eigenvalue weighted by molar-refractivity contribution is 6.07. The summed E-state index contributed by atoms with van der Waals surface area (Å²) >= 11 is 0. The van der Waals surface area contributed by atoms with E-state index in [9.17, 15) is 9.18 Å². The van der Waals surface area contributed by atoms with Crippen molar-refractivity contribution < 1.29 is 9.18 Å². The van der Waals surface area contributed by atoms with Gasteiger partial charge in [0.1, 0.15) is 11.6 Å². The maximum absolute atomic E-state index is 13.1. The molecule has 1 aliphatic heterocycles. The van der Waals surface area contributed by atoms with Crippen LogP contribution in [0.1, 0.15) is 15.9 Å². The van der Waals surface area contributed by atoms with E-state index in [2.05, 4.69) is 22.9 Å². The summed E-state index contributed by atoms with van der Waals surface area (Å²) in [5.41, 5.74) is 2.32. The largest absolute Gasteiger partial charge is 0.354 e. The number of piperazine rings is 1. The molecule has 28 heavy (non-hydrogen) atoms. The van der Waals surface area contributed by atoms with E-state index in [0.29, 0.717) is 5.56 Å². The molecule has 0 N–H and O–H groups in total. The Kier molecular flexibility index (Phi) is 5.17. The summed E-state index contributed by atoms with van der Waals surface area (Å²) in [6.07, 6.45) is 3.36. The molecule has 1 aliphatic rings. The van der Waals surface area contributed by atoms with Crippen LogP contribution < -0.4 is 4.90 Å². The van der Waals surface area contributed by atoms with Crippen molar-refractivity contribution in [3.05, 3.63) is 77.6 Å². The van der Waals surface area contributed by atoms with Gasteiger partial charge in [-0.25, -0.2) is 9.37 Å². The highest BCUT2D eigenvalue weighted by Crippen LogP contribution is 2.26. The van der Waals surface area contributed by atoms with Crippen LogP contribution in [0.4, 0.5) is 10.2 Å². The average molecular weight is 375 g/mol. The van der Waals surface area contributed by atoms with Gasteiger partial charge in [-0.15, -0.1) is 0 Å². The third-order valence-electron chi connectivity index (χ3n) is 5.08. The van der Waals surface area contributed by atoms with Crippen molar-refractivity contribution in [2.75, 3.05) is 38.1 Å². The number of halogens is 1. The number of para-hydroxylation sites is 1.